The number of carbonyl (C=O) groups is 1. The zero-order valence-electron chi connectivity index (χ0n) is 9.04. The Morgan fingerprint density at radius 2 is 2.12 bits per heavy atom. The molecule has 0 bridgehead atoms. The van der Waals surface area contributed by atoms with Gasteiger partial charge in [-0.3, -0.25) is 4.79 Å². The summed E-state index contributed by atoms with van der Waals surface area (Å²) in [7, 11) is 0. The number of rotatable bonds is 2. The molecular weight excluding hydrogens is 226 g/mol. The molecule has 1 aromatic carbocycles. The third-order valence-electron chi connectivity index (χ3n) is 2.85. The predicted molar refractivity (Wildman–Crippen MR) is 64.0 cm³/mol. The van der Waals surface area contributed by atoms with E-state index in [9.17, 15) is 9.90 Å². The molecule has 0 saturated carbocycles. The van der Waals surface area contributed by atoms with Crippen molar-refractivity contribution < 1.29 is 9.90 Å². The third-order valence-corrected chi connectivity index (χ3v) is 3.09. The van der Waals surface area contributed by atoms with Gasteiger partial charge in [0.25, 0.3) is 0 Å². The highest BCUT2D eigenvalue weighted by molar-refractivity contribution is 6.31. The molecule has 0 aliphatic rings. The Bertz CT molecular complexity index is 557. The van der Waals surface area contributed by atoms with E-state index in [0.29, 0.717) is 5.02 Å². The summed E-state index contributed by atoms with van der Waals surface area (Å²) in [6, 6.07) is 5.41. The number of aliphatic carboxylic acids is 1. The van der Waals surface area contributed by atoms with Crippen molar-refractivity contribution in [2.45, 2.75) is 19.3 Å². The van der Waals surface area contributed by atoms with Crippen molar-refractivity contribution in [1.29, 1.82) is 0 Å². The Morgan fingerprint density at radius 3 is 2.75 bits per heavy atom. The number of H-pyrrole nitrogens is 1. The van der Waals surface area contributed by atoms with Crippen molar-refractivity contribution in [2.24, 2.45) is 0 Å². The first-order valence-electron chi connectivity index (χ1n) is 4.93. The first-order valence-corrected chi connectivity index (χ1v) is 5.31. The average Bonchev–Trinajstić information content (AvgIpc) is 2.60. The van der Waals surface area contributed by atoms with Gasteiger partial charge in [-0.15, -0.1) is 0 Å². The largest absolute Gasteiger partial charge is 0.481 e. The second-order valence-corrected chi connectivity index (χ2v) is 4.76. The Kier molecular flexibility index (Phi) is 2.43. The molecule has 0 unspecified atom stereocenters. The molecule has 0 spiro atoms. The summed E-state index contributed by atoms with van der Waals surface area (Å²) >= 11 is 5.92. The van der Waals surface area contributed by atoms with Crippen molar-refractivity contribution in [1.82, 2.24) is 4.98 Å². The highest BCUT2D eigenvalue weighted by Gasteiger charge is 2.31. The van der Waals surface area contributed by atoms with Gasteiger partial charge in [0.05, 0.1) is 5.41 Å². The van der Waals surface area contributed by atoms with E-state index in [4.69, 9.17) is 11.6 Å². The molecule has 2 aromatic rings. The highest BCUT2D eigenvalue weighted by Crippen LogP contribution is 2.32. The van der Waals surface area contributed by atoms with Gasteiger partial charge < -0.3 is 10.1 Å². The monoisotopic (exact) mass is 237 g/mol. The van der Waals surface area contributed by atoms with E-state index in [1.54, 1.807) is 32.2 Å². The minimum Gasteiger partial charge on any atom is -0.481 e. The van der Waals surface area contributed by atoms with Crippen LogP contribution in [0.15, 0.2) is 24.4 Å². The van der Waals surface area contributed by atoms with E-state index in [-0.39, 0.29) is 0 Å². The van der Waals surface area contributed by atoms with Gasteiger partial charge >= 0.3 is 5.97 Å². The second kappa shape index (κ2) is 3.52. The lowest BCUT2D eigenvalue weighted by molar-refractivity contribution is -0.142. The number of carboxylic acid groups (broad SMARTS) is 1. The third kappa shape index (κ3) is 1.57. The van der Waals surface area contributed by atoms with Crippen molar-refractivity contribution in [3.05, 3.63) is 35.0 Å². The molecule has 0 radical (unpaired) electrons. The summed E-state index contributed by atoms with van der Waals surface area (Å²) in [6.45, 7) is 3.36. The van der Waals surface area contributed by atoms with Crippen LogP contribution < -0.4 is 0 Å². The number of hydrogen-bond acceptors (Lipinski definition) is 1. The minimum atomic E-state index is -0.928. The lowest BCUT2D eigenvalue weighted by atomic mass is 9.85. The van der Waals surface area contributed by atoms with E-state index in [0.717, 1.165) is 16.5 Å². The van der Waals surface area contributed by atoms with Gasteiger partial charge in [-0.1, -0.05) is 11.6 Å². The number of carboxylic acids is 1. The fraction of sp³-hybridized carbons (Fsp3) is 0.250. The lowest BCUT2D eigenvalue weighted by Gasteiger charge is -2.18. The summed E-state index contributed by atoms with van der Waals surface area (Å²) < 4.78 is 0. The second-order valence-electron chi connectivity index (χ2n) is 4.32. The topological polar surface area (TPSA) is 53.1 Å². The van der Waals surface area contributed by atoms with E-state index in [2.05, 4.69) is 4.98 Å². The van der Waals surface area contributed by atoms with Crippen LogP contribution in [0.4, 0.5) is 0 Å². The number of benzene rings is 1. The summed E-state index contributed by atoms with van der Waals surface area (Å²) in [5.41, 5.74) is 0.717. The molecule has 0 aliphatic carbocycles. The number of fused-ring (bicyclic) bond motifs is 1. The standard InChI is InChI=1S/C12H12ClNO2/c1-12(2,11(15)16)9-6-14-10-4-3-7(13)5-8(9)10/h3-6,14H,1-2H3,(H,15,16). The number of aromatic nitrogens is 1. The summed E-state index contributed by atoms with van der Waals surface area (Å²) in [5, 5.41) is 10.7. The Morgan fingerprint density at radius 1 is 1.44 bits per heavy atom. The maximum Gasteiger partial charge on any atom is 0.313 e. The predicted octanol–water partition coefficient (Wildman–Crippen LogP) is 3.18. The minimum absolute atomic E-state index is 0.606. The molecule has 2 N–H and O–H groups in total. The normalized spacial score (nSPS) is 11.9. The molecule has 0 aliphatic heterocycles. The number of hydrogen-bond donors (Lipinski definition) is 2. The molecule has 84 valence electrons. The first kappa shape index (κ1) is 11.0. The van der Waals surface area contributed by atoms with Crippen LogP contribution in [0.5, 0.6) is 0 Å². The highest BCUT2D eigenvalue weighted by atomic mass is 35.5. The molecular formula is C12H12ClNO2. The van der Waals surface area contributed by atoms with Gasteiger partial charge in [0, 0.05) is 22.1 Å². The first-order chi connectivity index (χ1) is 7.43. The number of aromatic amines is 1. The van der Waals surface area contributed by atoms with E-state index in [1.807, 2.05) is 6.07 Å². The smallest absolute Gasteiger partial charge is 0.313 e. The Hall–Kier alpha value is -1.48. The average molecular weight is 238 g/mol. The van der Waals surface area contributed by atoms with Crippen LogP contribution in [0.2, 0.25) is 5.02 Å². The van der Waals surface area contributed by atoms with Gasteiger partial charge in [0.2, 0.25) is 0 Å². The lowest BCUT2D eigenvalue weighted by Crippen LogP contribution is -2.28. The van der Waals surface area contributed by atoms with Crippen molar-refractivity contribution in [2.75, 3.05) is 0 Å². The van der Waals surface area contributed by atoms with Crippen molar-refractivity contribution >= 4 is 28.5 Å². The van der Waals surface area contributed by atoms with Crippen LogP contribution >= 0.6 is 11.6 Å². The van der Waals surface area contributed by atoms with Crippen LogP contribution in [0.1, 0.15) is 19.4 Å². The Balaban J connectivity index is 2.70. The number of nitrogens with one attached hydrogen (secondary N) is 1. The van der Waals surface area contributed by atoms with E-state index in [1.165, 1.54) is 0 Å². The molecule has 1 heterocycles. The molecule has 0 atom stereocenters. The van der Waals surface area contributed by atoms with E-state index >= 15 is 0 Å². The van der Waals surface area contributed by atoms with Crippen LogP contribution in [0.3, 0.4) is 0 Å². The van der Waals surface area contributed by atoms with Crippen LogP contribution in [0, 0.1) is 0 Å². The zero-order chi connectivity index (χ0) is 11.9. The quantitative estimate of drug-likeness (QED) is 0.843. The van der Waals surface area contributed by atoms with E-state index < -0.39 is 11.4 Å². The van der Waals surface area contributed by atoms with Gasteiger partial charge in [-0.25, -0.2) is 0 Å². The molecule has 4 heteroatoms. The summed E-state index contributed by atoms with van der Waals surface area (Å²) in [4.78, 5) is 14.3. The molecule has 16 heavy (non-hydrogen) atoms. The van der Waals surface area contributed by atoms with Gasteiger partial charge in [-0.2, -0.15) is 0 Å². The van der Waals surface area contributed by atoms with Crippen LogP contribution in [-0.4, -0.2) is 16.1 Å². The summed E-state index contributed by atoms with van der Waals surface area (Å²) in [5.74, 6) is -0.853. The fourth-order valence-corrected chi connectivity index (χ4v) is 1.90. The van der Waals surface area contributed by atoms with Crippen molar-refractivity contribution in [3.63, 3.8) is 0 Å². The molecule has 1 aromatic heterocycles. The molecule has 3 nitrogen and oxygen atoms in total. The van der Waals surface area contributed by atoms with Crippen LogP contribution in [0.25, 0.3) is 10.9 Å². The number of halogens is 1. The summed E-state index contributed by atoms with van der Waals surface area (Å²) in [6.07, 6.45) is 1.73. The molecule has 0 saturated heterocycles. The van der Waals surface area contributed by atoms with Gasteiger partial charge in [0.15, 0.2) is 0 Å². The van der Waals surface area contributed by atoms with Crippen LogP contribution in [-0.2, 0) is 10.2 Å². The molecule has 0 fully saturated rings. The maximum absolute atomic E-state index is 11.2. The molecule has 2 rings (SSSR count). The van der Waals surface area contributed by atoms with Gasteiger partial charge in [-0.05, 0) is 37.6 Å². The zero-order valence-corrected chi connectivity index (χ0v) is 9.80. The fourth-order valence-electron chi connectivity index (χ4n) is 1.73. The molecule has 0 amide bonds. The Labute approximate surface area is 98.0 Å². The maximum atomic E-state index is 11.2. The SMILES string of the molecule is CC(C)(C(=O)O)c1c[nH]c2ccc(Cl)cc12. The van der Waals surface area contributed by atoms with Gasteiger partial charge in [0.1, 0.15) is 0 Å². The van der Waals surface area contributed by atoms with Crippen molar-refractivity contribution in [3.8, 4) is 0 Å².